The molecule has 1 N–H and O–H groups in total. The van der Waals surface area contributed by atoms with E-state index in [0.29, 0.717) is 22.6 Å². The van der Waals surface area contributed by atoms with Gasteiger partial charge >= 0.3 is 0 Å². The monoisotopic (exact) mass is 310 g/mol. The number of halogens is 1. The molecule has 3 rings (SSSR count). The highest BCUT2D eigenvalue weighted by molar-refractivity contribution is 6.33. The van der Waals surface area contributed by atoms with Gasteiger partial charge in [0.15, 0.2) is 11.5 Å². The zero-order chi connectivity index (χ0) is 14.8. The number of benzene rings is 1. The molecule has 0 amide bonds. The lowest BCUT2D eigenvalue weighted by Crippen LogP contribution is -2.44. The molecule has 2 atom stereocenters. The van der Waals surface area contributed by atoms with Crippen molar-refractivity contribution in [3.05, 3.63) is 22.7 Å². The van der Waals surface area contributed by atoms with Crippen LogP contribution < -0.4 is 14.8 Å². The fourth-order valence-electron chi connectivity index (χ4n) is 3.63. The molecule has 1 aromatic carbocycles. The predicted molar refractivity (Wildman–Crippen MR) is 84.3 cm³/mol. The van der Waals surface area contributed by atoms with Crippen molar-refractivity contribution in [2.45, 2.75) is 25.4 Å². The van der Waals surface area contributed by atoms with E-state index in [0.717, 1.165) is 37.7 Å². The highest BCUT2D eigenvalue weighted by atomic mass is 35.5. The fourth-order valence-corrected chi connectivity index (χ4v) is 3.92. The van der Waals surface area contributed by atoms with E-state index in [4.69, 9.17) is 21.1 Å². The topological polar surface area (TPSA) is 33.7 Å². The van der Waals surface area contributed by atoms with E-state index in [2.05, 4.69) is 16.3 Å². The summed E-state index contributed by atoms with van der Waals surface area (Å²) in [5.74, 6) is 2.11. The average molecular weight is 311 g/mol. The van der Waals surface area contributed by atoms with Gasteiger partial charge in [-0.1, -0.05) is 17.7 Å². The molecule has 0 aromatic heterocycles. The van der Waals surface area contributed by atoms with Crippen LogP contribution in [0.15, 0.2) is 12.1 Å². The molecule has 0 saturated carbocycles. The molecular weight excluding hydrogens is 288 g/mol. The van der Waals surface area contributed by atoms with Gasteiger partial charge in [0, 0.05) is 19.1 Å². The predicted octanol–water partition coefficient (Wildman–Crippen LogP) is 2.54. The normalized spacial score (nSPS) is 25.7. The first kappa shape index (κ1) is 14.9. The minimum atomic E-state index is 0.634. The van der Waals surface area contributed by atoms with Crippen LogP contribution >= 0.6 is 11.6 Å². The van der Waals surface area contributed by atoms with E-state index >= 15 is 0 Å². The largest absolute Gasteiger partial charge is 0.493 e. The molecule has 4 nitrogen and oxygen atoms in total. The van der Waals surface area contributed by atoms with Crippen molar-refractivity contribution in [2.75, 3.05) is 33.9 Å². The number of piperidine rings is 1. The summed E-state index contributed by atoms with van der Waals surface area (Å²) in [4.78, 5) is 2.56. The first-order valence-electron chi connectivity index (χ1n) is 7.58. The molecule has 21 heavy (non-hydrogen) atoms. The van der Waals surface area contributed by atoms with Crippen molar-refractivity contribution in [1.82, 2.24) is 10.2 Å². The van der Waals surface area contributed by atoms with Gasteiger partial charge in [0.1, 0.15) is 0 Å². The molecule has 5 heteroatoms. The summed E-state index contributed by atoms with van der Waals surface area (Å²) in [6, 6.07) is 4.63. The van der Waals surface area contributed by atoms with E-state index in [1.54, 1.807) is 14.2 Å². The molecule has 2 aliphatic rings. The summed E-state index contributed by atoms with van der Waals surface area (Å²) in [6.07, 6.45) is 2.61. The van der Waals surface area contributed by atoms with Crippen molar-refractivity contribution in [3.8, 4) is 11.5 Å². The first-order valence-corrected chi connectivity index (χ1v) is 7.96. The van der Waals surface area contributed by atoms with Crippen LogP contribution in [0.4, 0.5) is 0 Å². The maximum atomic E-state index is 6.51. The number of ether oxygens (including phenoxy) is 2. The number of fused-ring (bicyclic) bond motifs is 1. The van der Waals surface area contributed by atoms with Gasteiger partial charge < -0.3 is 14.8 Å². The van der Waals surface area contributed by atoms with Crippen molar-refractivity contribution in [3.63, 3.8) is 0 Å². The maximum absolute atomic E-state index is 6.51. The molecule has 1 aromatic rings. The van der Waals surface area contributed by atoms with Gasteiger partial charge in [-0.2, -0.15) is 0 Å². The second-order valence-corrected chi connectivity index (χ2v) is 6.25. The highest BCUT2D eigenvalue weighted by Crippen LogP contribution is 2.38. The van der Waals surface area contributed by atoms with Gasteiger partial charge in [0.05, 0.1) is 19.2 Å². The molecule has 2 aliphatic heterocycles. The molecule has 2 saturated heterocycles. The fraction of sp³-hybridized carbons (Fsp3) is 0.625. The Bertz CT molecular complexity index is 509. The molecule has 2 unspecified atom stereocenters. The van der Waals surface area contributed by atoms with Crippen LogP contribution in [0, 0.1) is 5.92 Å². The van der Waals surface area contributed by atoms with E-state index in [9.17, 15) is 0 Å². The molecular formula is C16H23ClN2O2. The number of likely N-dealkylation sites (tertiary alicyclic amines) is 1. The zero-order valence-corrected chi connectivity index (χ0v) is 13.4. The Hall–Kier alpha value is -0.970. The number of nitrogens with one attached hydrogen (secondary N) is 1. The lowest BCUT2D eigenvalue weighted by molar-refractivity contribution is 0.117. The third kappa shape index (κ3) is 2.85. The summed E-state index contributed by atoms with van der Waals surface area (Å²) < 4.78 is 10.7. The van der Waals surface area contributed by atoms with Gasteiger partial charge in [-0.05, 0) is 43.5 Å². The molecule has 116 valence electrons. The Labute approximate surface area is 131 Å². The van der Waals surface area contributed by atoms with Crippen molar-refractivity contribution < 1.29 is 9.47 Å². The second-order valence-electron chi connectivity index (χ2n) is 5.87. The van der Waals surface area contributed by atoms with E-state index < -0.39 is 0 Å². The summed E-state index contributed by atoms with van der Waals surface area (Å²) in [6.45, 7) is 4.27. The number of rotatable bonds is 4. The smallest absolute Gasteiger partial charge is 0.179 e. The average Bonchev–Trinajstić information content (AvgIpc) is 2.98. The Balaban J connectivity index is 1.81. The van der Waals surface area contributed by atoms with Crippen LogP contribution in [0.5, 0.6) is 11.5 Å². The van der Waals surface area contributed by atoms with Gasteiger partial charge in [0.25, 0.3) is 0 Å². The van der Waals surface area contributed by atoms with Crippen LogP contribution in [0.3, 0.4) is 0 Å². The number of hydrogen-bond donors (Lipinski definition) is 1. The zero-order valence-electron chi connectivity index (χ0n) is 12.7. The van der Waals surface area contributed by atoms with Gasteiger partial charge in [-0.15, -0.1) is 0 Å². The summed E-state index contributed by atoms with van der Waals surface area (Å²) in [7, 11) is 3.26. The first-order chi connectivity index (χ1) is 10.2. The molecule has 0 aliphatic carbocycles. The third-order valence-corrected chi connectivity index (χ3v) is 5.15. The van der Waals surface area contributed by atoms with Crippen molar-refractivity contribution >= 4 is 11.6 Å². The summed E-state index contributed by atoms with van der Waals surface area (Å²) in [5, 5.41) is 4.19. The summed E-state index contributed by atoms with van der Waals surface area (Å²) in [5.41, 5.74) is 1.11. The molecule has 0 radical (unpaired) electrons. The Morgan fingerprint density at radius 3 is 2.90 bits per heavy atom. The van der Waals surface area contributed by atoms with Crippen LogP contribution in [0.25, 0.3) is 0 Å². The Morgan fingerprint density at radius 1 is 1.29 bits per heavy atom. The number of hydrogen-bond acceptors (Lipinski definition) is 4. The molecule has 2 fully saturated rings. The highest BCUT2D eigenvalue weighted by Gasteiger charge is 2.35. The van der Waals surface area contributed by atoms with Gasteiger partial charge in [-0.25, -0.2) is 0 Å². The second kappa shape index (κ2) is 6.42. The van der Waals surface area contributed by atoms with E-state index in [-0.39, 0.29) is 0 Å². The quantitative estimate of drug-likeness (QED) is 0.926. The van der Waals surface area contributed by atoms with E-state index in [1.807, 2.05) is 6.07 Å². The lowest BCUT2D eigenvalue weighted by atomic mass is 9.91. The summed E-state index contributed by atoms with van der Waals surface area (Å²) >= 11 is 6.51. The lowest BCUT2D eigenvalue weighted by Gasteiger charge is -2.37. The molecule has 0 spiro atoms. The third-order valence-electron chi connectivity index (χ3n) is 4.73. The maximum Gasteiger partial charge on any atom is 0.179 e. The van der Waals surface area contributed by atoms with Crippen LogP contribution in [0.2, 0.25) is 5.02 Å². The minimum absolute atomic E-state index is 0.634. The Morgan fingerprint density at radius 2 is 2.14 bits per heavy atom. The molecule has 2 heterocycles. The van der Waals surface area contributed by atoms with Crippen molar-refractivity contribution in [1.29, 1.82) is 0 Å². The SMILES string of the molecule is COc1ccc(CN2CCCC3CNCC32)c(Cl)c1OC. The molecule has 0 bridgehead atoms. The van der Waals surface area contributed by atoms with Crippen molar-refractivity contribution in [2.24, 2.45) is 5.92 Å². The van der Waals surface area contributed by atoms with Crippen LogP contribution in [0.1, 0.15) is 18.4 Å². The van der Waals surface area contributed by atoms with E-state index in [1.165, 1.54) is 12.8 Å². The minimum Gasteiger partial charge on any atom is -0.493 e. The van der Waals surface area contributed by atoms with Crippen LogP contribution in [-0.2, 0) is 6.54 Å². The standard InChI is InChI=1S/C16H23ClN2O2/c1-20-14-6-5-12(15(17)16(14)21-2)10-19-7-3-4-11-8-18-9-13(11)19/h5-6,11,13,18H,3-4,7-10H2,1-2H3. The van der Waals surface area contributed by atoms with Gasteiger partial charge in [-0.3, -0.25) is 4.90 Å². The van der Waals surface area contributed by atoms with Gasteiger partial charge in [0.2, 0.25) is 0 Å². The number of methoxy groups -OCH3 is 2. The Kier molecular flexibility index (Phi) is 4.57. The number of nitrogens with zero attached hydrogens (tertiary/aromatic N) is 1. The van der Waals surface area contributed by atoms with Crippen LogP contribution in [-0.4, -0.2) is 44.8 Å².